The molecule has 0 saturated carbocycles. The number of nitrogens with two attached hydrogens (primary N) is 1. The first-order chi connectivity index (χ1) is 17.5. The largest absolute Gasteiger partial charge is 0.326 e. The van der Waals surface area contributed by atoms with Crippen molar-refractivity contribution in [2.24, 2.45) is 12.8 Å². The number of anilines is 1. The molecule has 0 spiro atoms. The maximum atomic E-state index is 13.6. The molecule has 1 aliphatic rings. The van der Waals surface area contributed by atoms with Crippen LogP contribution in [-0.2, 0) is 31.2 Å². The molecule has 4 aromatic rings. The van der Waals surface area contributed by atoms with Gasteiger partial charge in [0.25, 0.3) is 5.91 Å². The lowest BCUT2D eigenvalue weighted by atomic mass is 9.94. The van der Waals surface area contributed by atoms with Gasteiger partial charge in [0, 0.05) is 49.6 Å². The number of hydrogen-bond donors (Lipinski definition) is 2. The topological polar surface area (TPSA) is 93.3 Å². The summed E-state index contributed by atoms with van der Waals surface area (Å²) in [6.45, 7) is 0.909. The fraction of sp³-hybridized carbons (Fsp3) is 0.207. The van der Waals surface area contributed by atoms with Crippen molar-refractivity contribution < 1.29 is 9.59 Å². The number of carbonyl (C=O) groups excluding carboxylic acids is 2. The van der Waals surface area contributed by atoms with Gasteiger partial charge in [0.15, 0.2) is 0 Å². The summed E-state index contributed by atoms with van der Waals surface area (Å²) >= 11 is 0. The highest BCUT2D eigenvalue weighted by Crippen LogP contribution is 2.25. The minimum absolute atomic E-state index is 0.124. The second-order valence-electron chi connectivity index (χ2n) is 9.09. The average molecular weight is 480 g/mol. The first-order valence-electron chi connectivity index (χ1n) is 12.1. The van der Waals surface area contributed by atoms with Crippen molar-refractivity contribution in [1.82, 2.24) is 14.7 Å². The molecule has 0 fully saturated rings. The molecule has 0 aliphatic carbocycles. The third-order valence-electron chi connectivity index (χ3n) is 6.63. The highest BCUT2D eigenvalue weighted by atomic mass is 16.2. The molecular formula is C29H29N5O2. The number of benzene rings is 3. The molecule has 5 rings (SSSR count). The van der Waals surface area contributed by atoms with Crippen molar-refractivity contribution in [3.05, 3.63) is 107 Å². The van der Waals surface area contributed by atoms with Crippen LogP contribution in [0.5, 0.6) is 0 Å². The van der Waals surface area contributed by atoms with Crippen molar-refractivity contribution in [3.63, 3.8) is 0 Å². The highest BCUT2D eigenvalue weighted by molar-refractivity contribution is 6.02. The molecular weight excluding hydrogens is 450 g/mol. The number of fused-ring (bicyclic) bond motifs is 1. The summed E-state index contributed by atoms with van der Waals surface area (Å²) in [5, 5.41) is 7.45. The lowest BCUT2D eigenvalue weighted by Gasteiger charge is -2.35. The molecule has 2 amide bonds. The molecule has 2 heterocycles. The molecule has 0 saturated heterocycles. The molecule has 0 radical (unpaired) electrons. The summed E-state index contributed by atoms with van der Waals surface area (Å²) in [6.07, 6.45) is 3.01. The molecule has 182 valence electrons. The van der Waals surface area contributed by atoms with E-state index in [2.05, 4.69) is 10.4 Å². The molecule has 1 atom stereocenters. The number of aromatic nitrogens is 2. The van der Waals surface area contributed by atoms with Gasteiger partial charge >= 0.3 is 0 Å². The number of hydrogen-bond acceptors (Lipinski definition) is 4. The zero-order chi connectivity index (χ0) is 25.1. The van der Waals surface area contributed by atoms with E-state index in [4.69, 9.17) is 5.73 Å². The smallest absolute Gasteiger partial charge is 0.254 e. The SMILES string of the molecule is Cn1ccc(-c2ccc(NC(=O)[C@H](Cc3ccccc3)N3CCc4cc(CN)ccc4C3=O)cc2)n1. The predicted octanol–water partition coefficient (Wildman–Crippen LogP) is 3.79. The van der Waals surface area contributed by atoms with Crippen LogP contribution >= 0.6 is 0 Å². The lowest BCUT2D eigenvalue weighted by molar-refractivity contribution is -0.120. The number of aryl methyl sites for hydroxylation is 1. The molecule has 1 aromatic heterocycles. The van der Waals surface area contributed by atoms with Gasteiger partial charge < -0.3 is 16.0 Å². The molecule has 0 unspecified atom stereocenters. The van der Waals surface area contributed by atoms with E-state index in [1.807, 2.05) is 92.1 Å². The third kappa shape index (κ3) is 4.92. The Morgan fingerprint density at radius 1 is 1.03 bits per heavy atom. The van der Waals surface area contributed by atoms with Gasteiger partial charge in [-0.3, -0.25) is 14.3 Å². The zero-order valence-corrected chi connectivity index (χ0v) is 20.2. The molecule has 7 heteroatoms. The van der Waals surface area contributed by atoms with Crippen LogP contribution in [0.15, 0.2) is 85.1 Å². The minimum Gasteiger partial charge on any atom is -0.326 e. The number of amides is 2. The van der Waals surface area contributed by atoms with E-state index in [0.29, 0.717) is 37.2 Å². The molecule has 3 N–H and O–H groups in total. The van der Waals surface area contributed by atoms with Crippen LogP contribution in [0.25, 0.3) is 11.3 Å². The summed E-state index contributed by atoms with van der Waals surface area (Å²) in [4.78, 5) is 28.8. The Bertz CT molecular complexity index is 1380. The van der Waals surface area contributed by atoms with Gasteiger partial charge in [0.2, 0.25) is 5.91 Å². The first-order valence-corrected chi connectivity index (χ1v) is 12.1. The van der Waals surface area contributed by atoms with Gasteiger partial charge in [-0.15, -0.1) is 0 Å². The van der Waals surface area contributed by atoms with Crippen molar-refractivity contribution in [3.8, 4) is 11.3 Å². The van der Waals surface area contributed by atoms with Crippen molar-refractivity contribution >= 4 is 17.5 Å². The van der Waals surface area contributed by atoms with Crippen LogP contribution in [0, 0.1) is 0 Å². The Kier molecular flexibility index (Phi) is 6.64. The number of nitrogens with zero attached hydrogens (tertiary/aromatic N) is 3. The first kappa shape index (κ1) is 23.5. The van der Waals surface area contributed by atoms with Crippen molar-refractivity contribution in [1.29, 1.82) is 0 Å². The summed E-state index contributed by atoms with van der Waals surface area (Å²) in [7, 11) is 1.88. The molecule has 1 aliphatic heterocycles. The summed E-state index contributed by atoms with van der Waals surface area (Å²) in [5.74, 6) is -0.332. The molecule has 36 heavy (non-hydrogen) atoms. The Labute approximate surface area is 210 Å². The lowest BCUT2D eigenvalue weighted by Crippen LogP contribution is -2.51. The average Bonchev–Trinajstić information content (AvgIpc) is 3.34. The van der Waals surface area contributed by atoms with Gasteiger partial charge in [0.05, 0.1) is 5.69 Å². The quantitative estimate of drug-likeness (QED) is 0.422. The second-order valence-corrected chi connectivity index (χ2v) is 9.09. The van der Waals surface area contributed by atoms with E-state index in [9.17, 15) is 9.59 Å². The van der Waals surface area contributed by atoms with E-state index in [-0.39, 0.29) is 11.8 Å². The van der Waals surface area contributed by atoms with E-state index in [1.54, 1.807) is 9.58 Å². The predicted molar refractivity (Wildman–Crippen MR) is 140 cm³/mol. The van der Waals surface area contributed by atoms with Crippen LogP contribution in [0.1, 0.15) is 27.0 Å². The maximum Gasteiger partial charge on any atom is 0.254 e. The monoisotopic (exact) mass is 479 g/mol. The van der Waals surface area contributed by atoms with E-state index in [1.165, 1.54) is 0 Å². The Morgan fingerprint density at radius 2 is 1.81 bits per heavy atom. The number of rotatable bonds is 7. The van der Waals surface area contributed by atoms with E-state index < -0.39 is 6.04 Å². The third-order valence-corrected chi connectivity index (χ3v) is 6.63. The number of nitrogens with one attached hydrogen (secondary N) is 1. The zero-order valence-electron chi connectivity index (χ0n) is 20.2. The van der Waals surface area contributed by atoms with Crippen LogP contribution in [0.4, 0.5) is 5.69 Å². The van der Waals surface area contributed by atoms with Crippen LogP contribution in [0.3, 0.4) is 0 Å². The normalized spacial score (nSPS) is 13.8. The Hall–Kier alpha value is -4.23. The van der Waals surface area contributed by atoms with Crippen LogP contribution in [0.2, 0.25) is 0 Å². The van der Waals surface area contributed by atoms with Crippen LogP contribution in [-0.4, -0.2) is 39.1 Å². The second kappa shape index (κ2) is 10.2. The van der Waals surface area contributed by atoms with Crippen molar-refractivity contribution in [2.75, 3.05) is 11.9 Å². The fourth-order valence-corrected chi connectivity index (χ4v) is 4.68. The Morgan fingerprint density at radius 3 is 2.50 bits per heavy atom. The Balaban J connectivity index is 1.39. The van der Waals surface area contributed by atoms with Gasteiger partial charge in [-0.05, 0) is 47.4 Å². The molecule has 0 bridgehead atoms. The molecule has 3 aromatic carbocycles. The standard InChI is InChI=1S/C29H29N5O2/c1-33-15-14-26(32-33)22-8-10-24(11-9-22)31-28(35)27(18-20-5-3-2-4-6-20)34-16-13-23-17-21(19-30)7-12-25(23)29(34)36/h2-12,14-15,17,27H,13,16,18-19,30H2,1H3,(H,31,35)/t27-/m0/s1. The fourth-order valence-electron chi connectivity index (χ4n) is 4.68. The van der Waals surface area contributed by atoms with Gasteiger partial charge in [0.1, 0.15) is 6.04 Å². The maximum absolute atomic E-state index is 13.6. The van der Waals surface area contributed by atoms with E-state index >= 15 is 0 Å². The van der Waals surface area contributed by atoms with Crippen LogP contribution < -0.4 is 11.1 Å². The summed E-state index contributed by atoms with van der Waals surface area (Å²) in [6, 6.07) is 24.4. The number of carbonyl (C=O) groups is 2. The summed E-state index contributed by atoms with van der Waals surface area (Å²) in [5.41, 5.74) is 11.9. The van der Waals surface area contributed by atoms with Crippen molar-refractivity contribution in [2.45, 2.75) is 25.4 Å². The van der Waals surface area contributed by atoms with E-state index in [0.717, 1.165) is 27.9 Å². The minimum atomic E-state index is -0.641. The summed E-state index contributed by atoms with van der Waals surface area (Å²) < 4.78 is 1.75. The highest BCUT2D eigenvalue weighted by Gasteiger charge is 2.34. The van der Waals surface area contributed by atoms with Gasteiger partial charge in [-0.25, -0.2) is 0 Å². The van der Waals surface area contributed by atoms with Gasteiger partial charge in [-0.2, -0.15) is 5.10 Å². The molecule has 7 nitrogen and oxygen atoms in total. The van der Waals surface area contributed by atoms with Gasteiger partial charge in [-0.1, -0.05) is 54.6 Å².